The number of fused-ring (bicyclic) bond motifs is 1. The standard InChI is InChI=1S/C18H20F3N5.ClH/c19-18(20,21)14-9-23-25(11-14)16-6-3-13-10-26(24-17(13)7-16)15-4-1-12(8-22)2-5-15;/h3,6-7,9-12,15H,1-2,4-5,8,22H2;1H. The van der Waals surface area contributed by atoms with Gasteiger partial charge >= 0.3 is 6.18 Å². The first-order valence-corrected chi connectivity index (χ1v) is 8.75. The molecule has 1 aliphatic carbocycles. The van der Waals surface area contributed by atoms with Gasteiger partial charge in [-0.2, -0.15) is 23.4 Å². The fraction of sp³-hybridized carbons (Fsp3) is 0.444. The maximum absolute atomic E-state index is 12.8. The average Bonchev–Trinajstić information content (AvgIpc) is 3.28. The maximum Gasteiger partial charge on any atom is 0.419 e. The molecular formula is C18H21ClF3N5. The summed E-state index contributed by atoms with van der Waals surface area (Å²) in [5.74, 6) is 0.602. The van der Waals surface area contributed by atoms with Crippen LogP contribution in [0.5, 0.6) is 0 Å². The first-order valence-electron chi connectivity index (χ1n) is 8.75. The summed E-state index contributed by atoms with van der Waals surface area (Å²) in [6.07, 6.45) is 3.76. The van der Waals surface area contributed by atoms with Gasteiger partial charge in [-0.3, -0.25) is 4.68 Å². The molecule has 4 rings (SSSR count). The Bertz CT molecular complexity index is 909. The molecule has 1 fully saturated rings. The Morgan fingerprint density at radius 3 is 2.48 bits per heavy atom. The van der Waals surface area contributed by atoms with Crippen LogP contribution in [0.1, 0.15) is 37.3 Å². The molecule has 0 unspecified atom stereocenters. The van der Waals surface area contributed by atoms with Gasteiger partial charge in [0.2, 0.25) is 0 Å². The zero-order chi connectivity index (χ0) is 18.3. The number of halogens is 4. The molecule has 2 N–H and O–H groups in total. The van der Waals surface area contributed by atoms with Crippen molar-refractivity contribution < 1.29 is 13.2 Å². The van der Waals surface area contributed by atoms with Crippen LogP contribution in [0.3, 0.4) is 0 Å². The molecule has 0 bridgehead atoms. The molecule has 5 nitrogen and oxygen atoms in total. The van der Waals surface area contributed by atoms with Crippen molar-refractivity contribution in [3.8, 4) is 5.69 Å². The number of nitrogens with zero attached hydrogens (tertiary/aromatic N) is 4. The fourth-order valence-electron chi connectivity index (χ4n) is 3.61. The second kappa shape index (κ2) is 7.52. The van der Waals surface area contributed by atoms with Gasteiger partial charge in [-0.05, 0) is 56.3 Å². The number of alkyl halides is 3. The van der Waals surface area contributed by atoms with Gasteiger partial charge in [0.15, 0.2) is 0 Å². The highest BCUT2D eigenvalue weighted by molar-refractivity contribution is 5.85. The smallest absolute Gasteiger partial charge is 0.330 e. The highest BCUT2D eigenvalue weighted by Crippen LogP contribution is 2.33. The topological polar surface area (TPSA) is 61.7 Å². The van der Waals surface area contributed by atoms with Crippen LogP contribution in [0.15, 0.2) is 36.8 Å². The highest BCUT2D eigenvalue weighted by atomic mass is 35.5. The van der Waals surface area contributed by atoms with Crippen molar-refractivity contribution in [3.05, 3.63) is 42.4 Å². The SMILES string of the molecule is Cl.NCC1CCC(n2cc3ccc(-n4cc(C(F)(F)F)cn4)cc3n2)CC1. The van der Waals surface area contributed by atoms with Crippen molar-refractivity contribution >= 4 is 23.3 Å². The molecule has 0 aliphatic heterocycles. The van der Waals surface area contributed by atoms with Crippen LogP contribution < -0.4 is 5.73 Å². The first kappa shape index (κ1) is 19.7. The van der Waals surface area contributed by atoms with E-state index in [1.807, 2.05) is 16.9 Å². The Hall–Kier alpha value is -2.06. The Morgan fingerprint density at radius 1 is 1.11 bits per heavy atom. The monoisotopic (exact) mass is 399 g/mol. The predicted octanol–water partition coefficient (Wildman–Crippen LogP) is 4.35. The number of aromatic nitrogens is 4. The molecule has 1 aromatic carbocycles. The van der Waals surface area contributed by atoms with Gasteiger partial charge in [0, 0.05) is 17.8 Å². The molecule has 1 aliphatic rings. The summed E-state index contributed by atoms with van der Waals surface area (Å²) < 4.78 is 41.5. The second-order valence-corrected chi connectivity index (χ2v) is 6.93. The molecular weight excluding hydrogens is 379 g/mol. The molecule has 2 heterocycles. The second-order valence-electron chi connectivity index (χ2n) is 6.93. The van der Waals surface area contributed by atoms with E-state index in [9.17, 15) is 13.2 Å². The van der Waals surface area contributed by atoms with Crippen molar-refractivity contribution in [3.63, 3.8) is 0 Å². The lowest BCUT2D eigenvalue weighted by Gasteiger charge is -2.27. The summed E-state index contributed by atoms with van der Waals surface area (Å²) in [5.41, 5.74) is 6.30. The Labute approximate surface area is 160 Å². The van der Waals surface area contributed by atoms with E-state index in [1.54, 1.807) is 12.1 Å². The molecule has 0 saturated heterocycles. The number of benzene rings is 1. The van der Waals surface area contributed by atoms with E-state index in [0.29, 0.717) is 17.6 Å². The third-order valence-corrected chi connectivity index (χ3v) is 5.21. The third kappa shape index (κ3) is 3.96. The molecule has 0 atom stereocenters. The Kier molecular flexibility index (Phi) is 5.48. The number of hydrogen-bond acceptors (Lipinski definition) is 3. The van der Waals surface area contributed by atoms with E-state index in [-0.39, 0.29) is 12.4 Å². The van der Waals surface area contributed by atoms with Crippen LogP contribution in [0.4, 0.5) is 13.2 Å². The van der Waals surface area contributed by atoms with Crippen LogP contribution in [0.2, 0.25) is 0 Å². The van der Waals surface area contributed by atoms with Crippen LogP contribution >= 0.6 is 12.4 Å². The zero-order valence-corrected chi connectivity index (χ0v) is 15.4. The lowest BCUT2D eigenvalue weighted by molar-refractivity contribution is -0.137. The van der Waals surface area contributed by atoms with E-state index < -0.39 is 11.7 Å². The van der Waals surface area contributed by atoms with E-state index in [1.165, 1.54) is 4.68 Å². The van der Waals surface area contributed by atoms with E-state index >= 15 is 0 Å². The quantitative estimate of drug-likeness (QED) is 0.712. The van der Waals surface area contributed by atoms with Crippen LogP contribution in [-0.4, -0.2) is 26.1 Å². The summed E-state index contributed by atoms with van der Waals surface area (Å²) >= 11 is 0. The van der Waals surface area contributed by atoms with E-state index in [0.717, 1.165) is 55.5 Å². The van der Waals surface area contributed by atoms with Crippen molar-refractivity contribution in [1.29, 1.82) is 0 Å². The predicted molar refractivity (Wildman–Crippen MR) is 99.2 cm³/mol. The molecule has 9 heteroatoms. The summed E-state index contributed by atoms with van der Waals surface area (Å²) in [6, 6.07) is 5.75. The van der Waals surface area contributed by atoms with Crippen molar-refractivity contribution in [1.82, 2.24) is 19.6 Å². The minimum absolute atomic E-state index is 0. The fourth-order valence-corrected chi connectivity index (χ4v) is 3.61. The van der Waals surface area contributed by atoms with Gasteiger partial charge in [0.05, 0.1) is 29.0 Å². The summed E-state index contributed by atoms with van der Waals surface area (Å²) in [5, 5.41) is 9.45. The molecule has 146 valence electrons. The van der Waals surface area contributed by atoms with Crippen molar-refractivity contribution in [2.75, 3.05) is 6.54 Å². The summed E-state index contributed by atoms with van der Waals surface area (Å²) in [4.78, 5) is 0. The summed E-state index contributed by atoms with van der Waals surface area (Å²) in [7, 11) is 0. The molecule has 27 heavy (non-hydrogen) atoms. The molecule has 3 aromatic rings. The van der Waals surface area contributed by atoms with Gasteiger partial charge in [-0.15, -0.1) is 12.4 Å². The first-order chi connectivity index (χ1) is 12.4. The van der Waals surface area contributed by atoms with Gasteiger partial charge in [0.25, 0.3) is 0 Å². The van der Waals surface area contributed by atoms with Crippen LogP contribution in [-0.2, 0) is 6.18 Å². The lowest BCUT2D eigenvalue weighted by Crippen LogP contribution is -2.23. The van der Waals surface area contributed by atoms with Crippen LogP contribution in [0, 0.1) is 5.92 Å². The average molecular weight is 400 g/mol. The molecule has 0 radical (unpaired) electrons. The zero-order valence-electron chi connectivity index (χ0n) is 14.6. The molecule has 2 aromatic heterocycles. The highest BCUT2D eigenvalue weighted by Gasteiger charge is 2.32. The molecule has 1 saturated carbocycles. The number of hydrogen-bond donors (Lipinski definition) is 1. The number of nitrogens with two attached hydrogens (primary N) is 1. The van der Waals surface area contributed by atoms with Crippen molar-refractivity contribution in [2.45, 2.75) is 37.9 Å². The van der Waals surface area contributed by atoms with E-state index in [4.69, 9.17) is 5.73 Å². The number of rotatable bonds is 3. The Balaban J connectivity index is 0.00000210. The van der Waals surface area contributed by atoms with Crippen molar-refractivity contribution in [2.24, 2.45) is 11.7 Å². The summed E-state index contributed by atoms with van der Waals surface area (Å²) in [6.45, 7) is 0.737. The van der Waals surface area contributed by atoms with Gasteiger partial charge in [-0.1, -0.05) is 0 Å². The minimum atomic E-state index is -4.40. The molecule has 0 amide bonds. The van der Waals surface area contributed by atoms with Crippen LogP contribution in [0.25, 0.3) is 16.6 Å². The third-order valence-electron chi connectivity index (χ3n) is 5.21. The normalized spacial score (nSPS) is 20.6. The van der Waals surface area contributed by atoms with Gasteiger partial charge < -0.3 is 5.73 Å². The largest absolute Gasteiger partial charge is 0.419 e. The maximum atomic E-state index is 12.8. The molecule has 0 spiro atoms. The van der Waals surface area contributed by atoms with Gasteiger partial charge in [0.1, 0.15) is 0 Å². The minimum Gasteiger partial charge on any atom is -0.330 e. The van der Waals surface area contributed by atoms with Gasteiger partial charge in [-0.25, -0.2) is 4.68 Å². The van der Waals surface area contributed by atoms with E-state index in [2.05, 4.69) is 10.2 Å². The Morgan fingerprint density at radius 2 is 1.85 bits per heavy atom. The lowest BCUT2D eigenvalue weighted by atomic mass is 9.86.